The molecule has 0 unspecified atom stereocenters. The van der Waals surface area contributed by atoms with E-state index in [4.69, 9.17) is 9.47 Å². The summed E-state index contributed by atoms with van der Waals surface area (Å²) >= 11 is 2.72. The maximum absolute atomic E-state index is 12.8. The van der Waals surface area contributed by atoms with Crippen LogP contribution in [-0.2, 0) is 9.47 Å². The van der Waals surface area contributed by atoms with Gasteiger partial charge in [-0.05, 0) is 12.1 Å². The first-order valence-electron chi connectivity index (χ1n) is 4.25. The Hall–Kier alpha value is -0.490. The molecule has 3 heterocycles. The molecule has 0 N–H and O–H groups in total. The molecule has 74 valence electrons. The van der Waals surface area contributed by atoms with Crippen LogP contribution in [0, 0.1) is 5.13 Å². The number of rotatable bonds is 1. The van der Waals surface area contributed by atoms with E-state index in [1.165, 1.54) is 11.3 Å². The van der Waals surface area contributed by atoms with Crippen LogP contribution in [0.5, 0.6) is 0 Å². The summed E-state index contributed by atoms with van der Waals surface area (Å²) in [4.78, 5) is 1.03. The molecular weight excluding hydrogens is 223 g/mol. The molecule has 2 aromatic rings. The van der Waals surface area contributed by atoms with Crippen LogP contribution < -0.4 is 0 Å². The van der Waals surface area contributed by atoms with Crippen LogP contribution in [0.15, 0.2) is 12.1 Å². The number of hydrogen-bond donors (Lipinski definition) is 0. The topological polar surface area (TPSA) is 18.5 Å². The highest BCUT2D eigenvalue weighted by atomic mass is 32.2. The predicted molar refractivity (Wildman–Crippen MR) is 54.3 cm³/mol. The molecule has 0 amide bonds. The minimum atomic E-state index is -0.234. The molecule has 0 spiro atoms. The second-order valence-electron chi connectivity index (χ2n) is 3.02. The summed E-state index contributed by atoms with van der Waals surface area (Å²) in [6, 6.07) is 3.49. The zero-order chi connectivity index (χ0) is 9.54. The lowest BCUT2D eigenvalue weighted by Crippen LogP contribution is -1.93. The molecule has 5 heteroatoms. The van der Waals surface area contributed by atoms with Crippen molar-refractivity contribution in [2.75, 3.05) is 13.2 Å². The van der Waals surface area contributed by atoms with Crippen molar-refractivity contribution >= 4 is 32.1 Å². The van der Waals surface area contributed by atoms with Gasteiger partial charge in [0.2, 0.25) is 0 Å². The second kappa shape index (κ2) is 3.27. The fourth-order valence-electron chi connectivity index (χ4n) is 1.47. The van der Waals surface area contributed by atoms with Gasteiger partial charge < -0.3 is 9.47 Å². The van der Waals surface area contributed by atoms with Gasteiger partial charge in [-0.15, -0.1) is 11.3 Å². The van der Waals surface area contributed by atoms with Crippen LogP contribution in [0.4, 0.5) is 4.39 Å². The molecule has 1 aliphatic heterocycles. The molecule has 1 saturated heterocycles. The summed E-state index contributed by atoms with van der Waals surface area (Å²) in [6.07, 6.45) is -0.234. The third-order valence-electron chi connectivity index (χ3n) is 2.06. The van der Waals surface area contributed by atoms with Crippen molar-refractivity contribution < 1.29 is 13.9 Å². The fourth-order valence-corrected chi connectivity index (χ4v) is 3.63. The largest absolute Gasteiger partial charge is 0.345 e. The zero-order valence-corrected chi connectivity index (χ0v) is 8.79. The van der Waals surface area contributed by atoms with Crippen LogP contribution in [0.3, 0.4) is 0 Å². The standard InChI is InChI=1S/C9H7FO2S2/c10-7-4-5-3-6(13-9(5)14-7)8-11-1-2-12-8/h3-4,8H,1-2H2. The molecule has 0 atom stereocenters. The van der Waals surface area contributed by atoms with Crippen molar-refractivity contribution in [3.8, 4) is 0 Å². The second-order valence-corrected chi connectivity index (χ2v) is 5.36. The van der Waals surface area contributed by atoms with E-state index in [1.807, 2.05) is 6.07 Å². The van der Waals surface area contributed by atoms with Crippen LogP contribution in [0.1, 0.15) is 11.2 Å². The third-order valence-corrected chi connectivity index (χ3v) is 4.26. The number of hydrogen-bond acceptors (Lipinski definition) is 4. The van der Waals surface area contributed by atoms with Crippen LogP contribution in [0.2, 0.25) is 0 Å². The SMILES string of the molecule is Fc1cc2cc(C3OCCO3)sc2s1. The van der Waals surface area contributed by atoms with Gasteiger partial charge >= 0.3 is 0 Å². The van der Waals surface area contributed by atoms with E-state index in [1.54, 1.807) is 17.4 Å². The lowest BCUT2D eigenvalue weighted by atomic mass is 10.3. The van der Waals surface area contributed by atoms with E-state index in [0.717, 1.165) is 14.3 Å². The van der Waals surface area contributed by atoms with Crippen molar-refractivity contribution in [2.24, 2.45) is 0 Å². The molecule has 1 fully saturated rings. The summed E-state index contributed by atoms with van der Waals surface area (Å²) in [5.41, 5.74) is 0. The van der Waals surface area contributed by atoms with Gasteiger partial charge in [-0.3, -0.25) is 0 Å². The van der Waals surface area contributed by atoms with Crippen molar-refractivity contribution in [2.45, 2.75) is 6.29 Å². The number of thiophene rings is 2. The molecule has 2 aromatic heterocycles. The maximum atomic E-state index is 12.8. The van der Waals surface area contributed by atoms with E-state index in [0.29, 0.717) is 13.2 Å². The third kappa shape index (κ3) is 1.37. The molecule has 0 radical (unpaired) electrons. The molecule has 1 aliphatic rings. The fraction of sp³-hybridized carbons (Fsp3) is 0.333. The molecule has 0 bridgehead atoms. The van der Waals surface area contributed by atoms with E-state index in [-0.39, 0.29) is 11.4 Å². The lowest BCUT2D eigenvalue weighted by molar-refractivity contribution is -0.0412. The molecule has 2 nitrogen and oxygen atoms in total. The average Bonchev–Trinajstić information content (AvgIpc) is 2.74. The van der Waals surface area contributed by atoms with Gasteiger partial charge in [-0.25, -0.2) is 0 Å². The summed E-state index contributed by atoms with van der Waals surface area (Å²) in [6.45, 7) is 1.29. The molecule has 0 aliphatic carbocycles. The molecular formula is C9H7FO2S2. The Kier molecular flexibility index (Phi) is 2.05. The Morgan fingerprint density at radius 1 is 1.21 bits per heavy atom. The van der Waals surface area contributed by atoms with E-state index >= 15 is 0 Å². The van der Waals surface area contributed by atoms with Crippen molar-refractivity contribution in [1.29, 1.82) is 0 Å². The number of halogens is 1. The molecule has 3 rings (SSSR count). The van der Waals surface area contributed by atoms with Crippen molar-refractivity contribution in [3.05, 3.63) is 22.1 Å². The molecule has 0 saturated carbocycles. The Bertz CT molecular complexity index is 425. The summed E-state index contributed by atoms with van der Waals surface area (Å²) in [7, 11) is 0. The summed E-state index contributed by atoms with van der Waals surface area (Å²) in [5.74, 6) is 0. The van der Waals surface area contributed by atoms with Gasteiger partial charge in [0.25, 0.3) is 0 Å². The van der Waals surface area contributed by atoms with Gasteiger partial charge in [-0.1, -0.05) is 11.3 Å². The van der Waals surface area contributed by atoms with Gasteiger partial charge in [0, 0.05) is 5.39 Å². The van der Waals surface area contributed by atoms with Gasteiger partial charge in [0.05, 0.1) is 22.1 Å². The van der Waals surface area contributed by atoms with E-state index in [2.05, 4.69) is 0 Å². The highest BCUT2D eigenvalue weighted by Crippen LogP contribution is 2.37. The molecule has 0 aromatic carbocycles. The summed E-state index contributed by atoms with van der Waals surface area (Å²) < 4.78 is 24.6. The average molecular weight is 230 g/mol. The highest BCUT2D eigenvalue weighted by molar-refractivity contribution is 7.37. The monoisotopic (exact) mass is 230 g/mol. The van der Waals surface area contributed by atoms with Crippen LogP contribution >= 0.6 is 22.7 Å². The maximum Gasteiger partial charge on any atom is 0.193 e. The van der Waals surface area contributed by atoms with E-state index < -0.39 is 0 Å². The molecule has 14 heavy (non-hydrogen) atoms. The lowest BCUT2D eigenvalue weighted by Gasteiger charge is -2.04. The quantitative estimate of drug-likeness (QED) is 0.749. The van der Waals surface area contributed by atoms with Gasteiger partial charge in [0.1, 0.15) is 0 Å². The highest BCUT2D eigenvalue weighted by Gasteiger charge is 2.21. The van der Waals surface area contributed by atoms with Crippen molar-refractivity contribution in [3.63, 3.8) is 0 Å². The normalized spacial score (nSPS) is 18.4. The minimum absolute atomic E-state index is 0.133. The zero-order valence-electron chi connectivity index (χ0n) is 7.16. The minimum Gasteiger partial charge on any atom is -0.345 e. The number of fused-ring (bicyclic) bond motifs is 1. The Morgan fingerprint density at radius 3 is 2.71 bits per heavy atom. The predicted octanol–water partition coefficient (Wildman–Crippen LogP) is 3.15. The first kappa shape index (κ1) is 8.79. The van der Waals surface area contributed by atoms with Crippen molar-refractivity contribution in [1.82, 2.24) is 0 Å². The Balaban J connectivity index is 2.01. The van der Waals surface area contributed by atoms with Crippen LogP contribution in [-0.4, -0.2) is 13.2 Å². The number of ether oxygens (including phenoxy) is 2. The first-order valence-corrected chi connectivity index (χ1v) is 5.88. The van der Waals surface area contributed by atoms with Gasteiger partial charge in [0.15, 0.2) is 11.4 Å². The Morgan fingerprint density at radius 2 is 2.00 bits per heavy atom. The first-order chi connectivity index (χ1) is 6.83. The smallest absolute Gasteiger partial charge is 0.193 e. The van der Waals surface area contributed by atoms with Crippen LogP contribution in [0.25, 0.3) is 9.40 Å². The van der Waals surface area contributed by atoms with E-state index in [9.17, 15) is 4.39 Å². The van der Waals surface area contributed by atoms with Gasteiger partial charge in [-0.2, -0.15) is 4.39 Å². The summed E-state index contributed by atoms with van der Waals surface area (Å²) in [5, 5.41) is 0.817. The Labute approximate surface area is 87.9 Å².